The average molecular weight is 272 g/mol. The van der Waals surface area contributed by atoms with Crippen molar-refractivity contribution >= 4 is 39.9 Å². The lowest BCUT2D eigenvalue weighted by atomic mass is 9.93. The van der Waals surface area contributed by atoms with Gasteiger partial charge in [-0.3, -0.25) is 4.79 Å². The number of Topliss-reactive ketones (excluding diaryl/α,β-unsaturated/α-hetero) is 1. The minimum atomic E-state index is -1.40. The van der Waals surface area contributed by atoms with Crippen LogP contribution in [0.5, 0.6) is 0 Å². The number of benzene rings is 1. The summed E-state index contributed by atoms with van der Waals surface area (Å²) < 4.78 is 13.3. The minimum Gasteiger partial charge on any atom is -0.352 e. The highest BCUT2D eigenvalue weighted by Crippen LogP contribution is 2.34. The van der Waals surface area contributed by atoms with Crippen molar-refractivity contribution in [2.75, 3.05) is 0 Å². The Kier molecular flexibility index (Phi) is 2.42. The Morgan fingerprint density at radius 1 is 1.29 bits per heavy atom. The maximum Gasteiger partial charge on any atom is 0.213 e. The van der Waals surface area contributed by atoms with Crippen molar-refractivity contribution in [2.24, 2.45) is 0 Å². The van der Waals surface area contributed by atoms with Crippen LogP contribution in [0, 0.1) is 0 Å². The molecule has 0 bridgehead atoms. The van der Waals surface area contributed by atoms with Gasteiger partial charge >= 0.3 is 0 Å². The van der Waals surface area contributed by atoms with E-state index in [2.05, 4.69) is 4.98 Å². The van der Waals surface area contributed by atoms with E-state index >= 15 is 0 Å². The van der Waals surface area contributed by atoms with Crippen LogP contribution < -0.4 is 0 Å². The Bertz CT molecular complexity index is 635. The second kappa shape index (κ2) is 3.72. The smallest absolute Gasteiger partial charge is 0.213 e. The van der Waals surface area contributed by atoms with Crippen LogP contribution in [0.3, 0.4) is 0 Å². The summed E-state index contributed by atoms with van der Waals surface area (Å²) in [4.78, 5) is 14.6. The van der Waals surface area contributed by atoms with E-state index in [1.165, 1.54) is 0 Å². The number of alkyl halides is 1. The number of aryl methyl sites for hydroxylation is 1. The molecule has 1 aromatic carbocycles. The topological polar surface area (TPSA) is 32.9 Å². The summed E-state index contributed by atoms with van der Waals surface area (Å²) >= 11 is 11.9. The highest BCUT2D eigenvalue weighted by atomic mass is 35.5. The molecule has 0 amide bonds. The molecule has 2 nitrogen and oxygen atoms in total. The van der Waals surface area contributed by atoms with E-state index < -0.39 is 12.0 Å². The van der Waals surface area contributed by atoms with E-state index in [1.54, 1.807) is 12.1 Å². The molecule has 17 heavy (non-hydrogen) atoms. The fourth-order valence-electron chi connectivity index (χ4n) is 2.27. The van der Waals surface area contributed by atoms with E-state index in [-0.39, 0.29) is 6.42 Å². The quantitative estimate of drug-likeness (QED) is 0.774. The first-order chi connectivity index (χ1) is 8.08. The van der Waals surface area contributed by atoms with Crippen molar-refractivity contribution in [3.63, 3.8) is 0 Å². The molecule has 1 N–H and O–H groups in total. The number of hydrogen-bond donors (Lipinski definition) is 1. The number of rotatable bonds is 0. The number of halogens is 3. The summed E-state index contributed by atoms with van der Waals surface area (Å²) in [5.74, 6) is -0.477. The van der Waals surface area contributed by atoms with Gasteiger partial charge in [-0.2, -0.15) is 0 Å². The summed E-state index contributed by atoms with van der Waals surface area (Å²) in [5.41, 5.74) is 1.93. The number of fused-ring (bicyclic) bond motifs is 3. The number of nitrogens with one attached hydrogen (secondary N) is 1. The van der Waals surface area contributed by atoms with Gasteiger partial charge in [0.15, 0.2) is 6.17 Å². The molecule has 5 heteroatoms. The van der Waals surface area contributed by atoms with E-state index in [4.69, 9.17) is 23.2 Å². The fourth-order valence-corrected chi connectivity index (χ4v) is 2.60. The first-order valence-corrected chi connectivity index (χ1v) is 6.01. The number of aromatic nitrogens is 1. The van der Waals surface area contributed by atoms with E-state index in [0.717, 1.165) is 16.5 Å². The van der Waals surface area contributed by atoms with Crippen molar-refractivity contribution < 1.29 is 9.18 Å². The van der Waals surface area contributed by atoms with Crippen LogP contribution in [-0.4, -0.2) is 16.9 Å². The fraction of sp³-hybridized carbons (Fsp3) is 0.250. The zero-order valence-electron chi connectivity index (χ0n) is 8.69. The number of carbonyl (C=O) groups is 1. The largest absolute Gasteiger partial charge is 0.352 e. The molecule has 1 unspecified atom stereocenters. The van der Waals surface area contributed by atoms with Crippen LogP contribution in [0.15, 0.2) is 12.1 Å². The number of H-pyrrole nitrogens is 1. The molecule has 2 aromatic rings. The summed E-state index contributed by atoms with van der Waals surface area (Å²) in [6.07, 6.45) is -0.624. The van der Waals surface area contributed by atoms with Gasteiger partial charge in [0.1, 0.15) is 0 Å². The predicted octanol–water partition coefficient (Wildman–Crippen LogP) is 3.94. The monoisotopic (exact) mass is 271 g/mol. The molecule has 88 valence electrons. The van der Waals surface area contributed by atoms with Gasteiger partial charge in [0.25, 0.3) is 0 Å². The Labute approximate surface area is 107 Å². The molecule has 1 heterocycles. The van der Waals surface area contributed by atoms with Crippen molar-refractivity contribution in [3.05, 3.63) is 33.4 Å². The maximum atomic E-state index is 13.3. The molecule has 1 atom stereocenters. The number of aromatic amines is 1. The lowest BCUT2D eigenvalue weighted by molar-refractivity contribution is 0.0852. The van der Waals surface area contributed by atoms with Crippen LogP contribution in [0.4, 0.5) is 4.39 Å². The normalized spacial score (nSPS) is 19.7. The van der Waals surface area contributed by atoms with Crippen LogP contribution >= 0.6 is 23.2 Å². The third-order valence-corrected chi connectivity index (χ3v) is 3.85. The molecule has 0 aliphatic heterocycles. The van der Waals surface area contributed by atoms with Gasteiger partial charge in [-0.25, -0.2) is 4.39 Å². The van der Waals surface area contributed by atoms with Gasteiger partial charge in [-0.05, 0) is 30.5 Å². The second-order valence-electron chi connectivity index (χ2n) is 4.16. The Hall–Kier alpha value is -1.06. The van der Waals surface area contributed by atoms with Crippen LogP contribution in [0.1, 0.15) is 22.5 Å². The SMILES string of the molecule is O=C1c2[nH]c3cc(Cl)c(Cl)cc3c2CCC1F. The summed E-state index contributed by atoms with van der Waals surface area (Å²) in [7, 11) is 0. The summed E-state index contributed by atoms with van der Waals surface area (Å²) in [6, 6.07) is 3.39. The Morgan fingerprint density at radius 2 is 2.00 bits per heavy atom. The van der Waals surface area contributed by atoms with Crippen molar-refractivity contribution in [1.29, 1.82) is 0 Å². The Balaban J connectivity index is 2.31. The van der Waals surface area contributed by atoms with Crippen LogP contribution in [0.25, 0.3) is 10.9 Å². The molecule has 1 aliphatic carbocycles. The van der Waals surface area contributed by atoms with Crippen molar-refractivity contribution in [3.8, 4) is 0 Å². The molecule has 3 rings (SSSR count). The Morgan fingerprint density at radius 3 is 2.76 bits per heavy atom. The molecule has 0 radical (unpaired) electrons. The van der Waals surface area contributed by atoms with Gasteiger partial charge in [0.05, 0.1) is 15.7 Å². The zero-order valence-corrected chi connectivity index (χ0v) is 10.2. The van der Waals surface area contributed by atoms with E-state index in [9.17, 15) is 9.18 Å². The average Bonchev–Trinajstić information content (AvgIpc) is 2.63. The molecule has 0 fully saturated rings. The lowest BCUT2D eigenvalue weighted by Gasteiger charge is -2.13. The molecular weight excluding hydrogens is 264 g/mol. The molecular formula is C12H8Cl2FNO. The molecule has 0 spiro atoms. The lowest BCUT2D eigenvalue weighted by Crippen LogP contribution is -2.23. The van der Waals surface area contributed by atoms with Gasteiger partial charge in [0, 0.05) is 10.9 Å². The third-order valence-electron chi connectivity index (χ3n) is 3.13. The highest BCUT2D eigenvalue weighted by molar-refractivity contribution is 6.42. The van der Waals surface area contributed by atoms with Gasteiger partial charge in [0.2, 0.25) is 5.78 Å². The minimum absolute atomic E-state index is 0.235. The van der Waals surface area contributed by atoms with Gasteiger partial charge < -0.3 is 4.98 Å². The maximum absolute atomic E-state index is 13.3. The summed E-state index contributed by atoms with van der Waals surface area (Å²) in [6.45, 7) is 0. The highest BCUT2D eigenvalue weighted by Gasteiger charge is 2.30. The number of hydrogen-bond acceptors (Lipinski definition) is 1. The van der Waals surface area contributed by atoms with E-state index in [1.807, 2.05) is 0 Å². The standard InChI is InChI=1S/C12H8Cl2FNO/c13-7-3-6-5-1-2-9(15)12(17)11(5)16-10(6)4-8(7)14/h3-4,9,16H,1-2H2. The first kappa shape index (κ1) is 11.1. The number of ketones is 1. The van der Waals surface area contributed by atoms with Crippen molar-refractivity contribution in [1.82, 2.24) is 4.98 Å². The van der Waals surface area contributed by atoms with Crippen LogP contribution in [-0.2, 0) is 6.42 Å². The van der Waals surface area contributed by atoms with Crippen molar-refractivity contribution in [2.45, 2.75) is 19.0 Å². The second-order valence-corrected chi connectivity index (χ2v) is 4.98. The zero-order chi connectivity index (χ0) is 12.2. The van der Waals surface area contributed by atoms with Gasteiger partial charge in [-0.15, -0.1) is 0 Å². The predicted molar refractivity (Wildman–Crippen MR) is 65.9 cm³/mol. The van der Waals surface area contributed by atoms with Crippen LogP contribution in [0.2, 0.25) is 10.0 Å². The molecule has 0 saturated carbocycles. The number of carbonyl (C=O) groups excluding carboxylic acids is 1. The molecule has 1 aliphatic rings. The summed E-state index contributed by atoms with van der Waals surface area (Å²) in [5, 5.41) is 1.72. The van der Waals surface area contributed by atoms with E-state index in [0.29, 0.717) is 22.2 Å². The van der Waals surface area contributed by atoms with Gasteiger partial charge in [-0.1, -0.05) is 23.2 Å². The first-order valence-electron chi connectivity index (χ1n) is 5.26. The molecule has 0 saturated heterocycles. The molecule has 1 aromatic heterocycles. The third kappa shape index (κ3) is 1.57.